The standard InChI is InChI=1S/C33H36N4O3S/c1-8-35(9-2)32(39)29-22(5)34-33-37(30(29)26-15-10-11-16-27(26)40-7)31(38)28(41-33)19-24-18-21(4)36(23(24)6)25-14-12-13-20(3)17-25/h10-19,30H,8-9H2,1-7H3/b28-19-/t30-/m1/s1. The number of nitrogens with zero attached hydrogens (tertiary/aromatic N) is 4. The second kappa shape index (κ2) is 11.4. The van der Waals surface area contributed by atoms with E-state index in [-0.39, 0.29) is 11.5 Å². The summed E-state index contributed by atoms with van der Waals surface area (Å²) in [6.07, 6.45) is 1.95. The van der Waals surface area contributed by atoms with Crippen molar-refractivity contribution < 1.29 is 9.53 Å². The van der Waals surface area contributed by atoms with E-state index in [2.05, 4.69) is 55.7 Å². The first kappa shape index (κ1) is 28.4. The smallest absolute Gasteiger partial charge is 0.271 e. The number of rotatable bonds is 7. The number of carbonyl (C=O) groups excluding carboxylic acids is 1. The Morgan fingerprint density at radius 1 is 1.05 bits per heavy atom. The van der Waals surface area contributed by atoms with Gasteiger partial charge in [0, 0.05) is 35.7 Å². The van der Waals surface area contributed by atoms with Crippen molar-refractivity contribution in [2.24, 2.45) is 4.99 Å². The highest BCUT2D eigenvalue weighted by Gasteiger charge is 2.35. The minimum atomic E-state index is -0.655. The molecule has 1 aliphatic rings. The van der Waals surface area contributed by atoms with E-state index in [4.69, 9.17) is 9.73 Å². The number of hydrogen-bond acceptors (Lipinski definition) is 5. The van der Waals surface area contributed by atoms with E-state index >= 15 is 0 Å². The monoisotopic (exact) mass is 568 g/mol. The summed E-state index contributed by atoms with van der Waals surface area (Å²) in [4.78, 5) is 35.2. The summed E-state index contributed by atoms with van der Waals surface area (Å²) in [6, 6.07) is 17.4. The molecule has 0 saturated carbocycles. The zero-order valence-electron chi connectivity index (χ0n) is 24.7. The number of aromatic nitrogens is 2. The van der Waals surface area contributed by atoms with Crippen molar-refractivity contribution in [3.63, 3.8) is 0 Å². The highest BCUT2D eigenvalue weighted by atomic mass is 32.1. The number of aryl methyl sites for hydroxylation is 2. The molecular formula is C33H36N4O3S. The number of allylic oxidation sites excluding steroid dienone is 1. The minimum absolute atomic E-state index is 0.122. The molecule has 2 aromatic carbocycles. The number of fused-ring (bicyclic) bond motifs is 1. The first-order valence-corrected chi connectivity index (χ1v) is 14.7. The number of carbonyl (C=O) groups is 1. The zero-order valence-corrected chi connectivity index (χ0v) is 25.5. The van der Waals surface area contributed by atoms with Crippen LogP contribution in [-0.2, 0) is 4.79 Å². The predicted molar refractivity (Wildman–Crippen MR) is 165 cm³/mol. The van der Waals surface area contributed by atoms with Crippen LogP contribution in [0.2, 0.25) is 0 Å². The molecule has 0 bridgehead atoms. The third kappa shape index (κ3) is 4.97. The number of likely N-dealkylation sites (N-methyl/N-ethyl adjacent to an activating group) is 1. The number of para-hydroxylation sites is 1. The van der Waals surface area contributed by atoms with E-state index in [0.29, 0.717) is 39.4 Å². The zero-order chi connectivity index (χ0) is 29.4. The molecule has 0 fully saturated rings. The topological polar surface area (TPSA) is 68.8 Å². The molecule has 0 saturated heterocycles. The van der Waals surface area contributed by atoms with Crippen LogP contribution in [0.1, 0.15) is 54.9 Å². The molecule has 0 N–H and O–H groups in total. The van der Waals surface area contributed by atoms with Gasteiger partial charge in [-0.2, -0.15) is 0 Å². The molecule has 4 aromatic rings. The molecule has 0 aliphatic carbocycles. The van der Waals surface area contributed by atoms with Crippen LogP contribution >= 0.6 is 11.3 Å². The maximum atomic E-state index is 14.2. The van der Waals surface area contributed by atoms with Crippen molar-refractivity contribution in [2.45, 2.75) is 47.6 Å². The van der Waals surface area contributed by atoms with Gasteiger partial charge >= 0.3 is 0 Å². The van der Waals surface area contributed by atoms with Crippen LogP contribution in [0.3, 0.4) is 0 Å². The number of ether oxygens (including phenoxy) is 1. The molecule has 2 aromatic heterocycles. The number of thiazole rings is 1. The van der Waals surface area contributed by atoms with E-state index in [1.807, 2.05) is 51.1 Å². The highest BCUT2D eigenvalue weighted by Crippen LogP contribution is 2.36. The van der Waals surface area contributed by atoms with E-state index in [1.165, 1.54) is 16.9 Å². The van der Waals surface area contributed by atoms with Crippen LogP contribution in [0.4, 0.5) is 0 Å². The number of benzene rings is 2. The van der Waals surface area contributed by atoms with Crippen molar-refractivity contribution in [3.8, 4) is 11.4 Å². The summed E-state index contributed by atoms with van der Waals surface area (Å²) >= 11 is 1.35. The van der Waals surface area contributed by atoms with Gasteiger partial charge in [0.1, 0.15) is 11.8 Å². The Morgan fingerprint density at radius 2 is 1.78 bits per heavy atom. The third-order valence-electron chi connectivity index (χ3n) is 7.75. The quantitative estimate of drug-likeness (QED) is 0.321. The average molecular weight is 569 g/mol. The van der Waals surface area contributed by atoms with Crippen LogP contribution in [0.15, 0.2) is 75.7 Å². The molecule has 212 valence electrons. The summed E-state index contributed by atoms with van der Waals surface area (Å²) in [5.41, 5.74) is 7.07. The van der Waals surface area contributed by atoms with E-state index in [9.17, 15) is 9.59 Å². The second-order valence-corrected chi connectivity index (χ2v) is 11.3. The lowest BCUT2D eigenvalue weighted by Gasteiger charge is -2.29. The van der Waals surface area contributed by atoms with E-state index < -0.39 is 6.04 Å². The Bertz CT molecular complexity index is 1850. The summed E-state index contributed by atoms with van der Waals surface area (Å²) in [5, 5.41) is 0. The van der Waals surface area contributed by atoms with Crippen LogP contribution in [0, 0.1) is 20.8 Å². The van der Waals surface area contributed by atoms with Gasteiger partial charge < -0.3 is 14.2 Å². The fourth-order valence-electron chi connectivity index (χ4n) is 5.70. The molecule has 1 atom stereocenters. The van der Waals surface area contributed by atoms with Gasteiger partial charge in [0.05, 0.1) is 22.9 Å². The van der Waals surface area contributed by atoms with Gasteiger partial charge in [-0.1, -0.05) is 41.7 Å². The lowest BCUT2D eigenvalue weighted by Crippen LogP contribution is -2.43. The van der Waals surface area contributed by atoms with E-state index in [1.54, 1.807) is 16.6 Å². The first-order valence-electron chi connectivity index (χ1n) is 13.9. The highest BCUT2D eigenvalue weighted by molar-refractivity contribution is 7.07. The van der Waals surface area contributed by atoms with E-state index in [0.717, 1.165) is 28.2 Å². The molecule has 7 nitrogen and oxygen atoms in total. The number of methoxy groups -OCH3 is 1. The Labute approximate surface area is 244 Å². The van der Waals surface area contributed by atoms with Crippen molar-refractivity contribution in [3.05, 3.63) is 114 Å². The number of amides is 1. The van der Waals surface area contributed by atoms with Gasteiger partial charge in [-0.05, 0) is 83.0 Å². The summed E-state index contributed by atoms with van der Waals surface area (Å²) in [5.74, 6) is 0.497. The summed E-state index contributed by atoms with van der Waals surface area (Å²) in [6.45, 7) is 13.1. The number of hydrogen-bond donors (Lipinski definition) is 0. The lowest BCUT2D eigenvalue weighted by atomic mass is 9.94. The Morgan fingerprint density at radius 3 is 2.46 bits per heavy atom. The maximum Gasteiger partial charge on any atom is 0.271 e. The third-order valence-corrected chi connectivity index (χ3v) is 8.74. The van der Waals surface area contributed by atoms with Gasteiger partial charge in [-0.3, -0.25) is 14.2 Å². The summed E-state index contributed by atoms with van der Waals surface area (Å²) in [7, 11) is 1.61. The van der Waals surface area contributed by atoms with Crippen molar-refractivity contribution in [2.75, 3.05) is 20.2 Å². The fraction of sp³-hybridized carbons (Fsp3) is 0.303. The van der Waals surface area contributed by atoms with Crippen molar-refractivity contribution in [1.29, 1.82) is 0 Å². The first-order chi connectivity index (χ1) is 19.7. The minimum Gasteiger partial charge on any atom is -0.496 e. The molecule has 8 heteroatoms. The molecule has 0 radical (unpaired) electrons. The van der Waals surface area contributed by atoms with Crippen LogP contribution in [-0.4, -0.2) is 40.1 Å². The largest absolute Gasteiger partial charge is 0.496 e. The van der Waals surface area contributed by atoms with Gasteiger partial charge in [-0.15, -0.1) is 0 Å². The van der Waals surface area contributed by atoms with Crippen molar-refractivity contribution >= 4 is 23.3 Å². The normalized spacial score (nSPS) is 15.1. The molecule has 1 amide bonds. The van der Waals surface area contributed by atoms with Crippen LogP contribution in [0.25, 0.3) is 11.8 Å². The molecule has 3 heterocycles. The van der Waals surface area contributed by atoms with Crippen LogP contribution < -0.4 is 19.6 Å². The maximum absolute atomic E-state index is 14.2. The Hall–Kier alpha value is -4.17. The van der Waals surface area contributed by atoms with Gasteiger partial charge in [0.2, 0.25) is 0 Å². The SMILES string of the molecule is CCN(CC)C(=O)C1=C(C)N=c2s/c(=C\c3cc(C)n(-c4cccc(C)c4)c3C)c(=O)n2[C@@H]1c1ccccc1OC. The van der Waals surface area contributed by atoms with Gasteiger partial charge in [0.15, 0.2) is 4.80 Å². The molecule has 41 heavy (non-hydrogen) atoms. The Kier molecular flexibility index (Phi) is 7.87. The predicted octanol–water partition coefficient (Wildman–Crippen LogP) is 4.83. The second-order valence-electron chi connectivity index (χ2n) is 10.3. The lowest BCUT2D eigenvalue weighted by molar-refractivity contribution is -0.127. The summed E-state index contributed by atoms with van der Waals surface area (Å²) < 4.78 is 10.2. The fourth-order valence-corrected chi connectivity index (χ4v) is 6.74. The van der Waals surface area contributed by atoms with Crippen LogP contribution in [0.5, 0.6) is 5.75 Å². The molecule has 1 aliphatic heterocycles. The Balaban J connectivity index is 1.73. The molecule has 0 spiro atoms. The van der Waals surface area contributed by atoms with Gasteiger partial charge in [-0.25, -0.2) is 4.99 Å². The molecular weight excluding hydrogens is 532 g/mol. The van der Waals surface area contributed by atoms with Crippen molar-refractivity contribution in [1.82, 2.24) is 14.0 Å². The molecule has 5 rings (SSSR count). The average Bonchev–Trinajstić information content (AvgIpc) is 3.41. The molecule has 0 unspecified atom stereocenters. The van der Waals surface area contributed by atoms with Gasteiger partial charge in [0.25, 0.3) is 11.5 Å².